The largest absolute Gasteiger partial charge is 0.497 e. The zero-order valence-corrected chi connectivity index (χ0v) is 17.5. The van der Waals surface area contributed by atoms with Crippen LogP contribution in [0.1, 0.15) is 24.0 Å². The summed E-state index contributed by atoms with van der Waals surface area (Å²) >= 11 is 0. The van der Waals surface area contributed by atoms with Crippen molar-refractivity contribution in [1.82, 2.24) is 4.90 Å². The molecule has 1 saturated heterocycles. The van der Waals surface area contributed by atoms with Crippen molar-refractivity contribution in [3.05, 3.63) is 65.7 Å². The van der Waals surface area contributed by atoms with Crippen LogP contribution in [0.2, 0.25) is 0 Å². The average Bonchev–Trinajstić information content (AvgIpc) is 3.25. The van der Waals surface area contributed by atoms with Gasteiger partial charge in [-0.2, -0.15) is 0 Å². The molecule has 0 aliphatic carbocycles. The first-order valence-electron chi connectivity index (χ1n) is 10.0. The number of hydrogen-bond acceptors (Lipinski definition) is 4. The average molecular weight is 395 g/mol. The Morgan fingerprint density at radius 3 is 2.66 bits per heavy atom. The molecule has 1 aliphatic rings. The Morgan fingerprint density at radius 1 is 1.21 bits per heavy atom. The molecule has 0 N–H and O–H groups in total. The molecule has 0 spiro atoms. The molecule has 0 bridgehead atoms. The van der Waals surface area contributed by atoms with Gasteiger partial charge in [-0.25, -0.2) is 0 Å². The van der Waals surface area contributed by atoms with Gasteiger partial charge in [0.15, 0.2) is 0 Å². The zero-order chi connectivity index (χ0) is 20.6. The van der Waals surface area contributed by atoms with Crippen LogP contribution >= 0.6 is 0 Å². The lowest BCUT2D eigenvalue weighted by atomic mass is 10.1. The van der Waals surface area contributed by atoms with Gasteiger partial charge in [-0.15, -0.1) is 0 Å². The molecule has 1 unspecified atom stereocenters. The Labute approximate surface area is 173 Å². The van der Waals surface area contributed by atoms with Gasteiger partial charge in [-0.05, 0) is 54.3 Å². The number of rotatable bonds is 8. The number of anilines is 1. The standard InChI is InChI=1S/C24H30N2O3/c1-25(2)21-12-9-20(10-13-21)17-26(18-23-8-5-15-29-23)24(27)14-11-19-6-4-7-22(16-19)28-3/h4,6-7,9-14,16,23H,5,8,15,17-18H2,1-3H3/b14-11+. The van der Waals surface area contributed by atoms with Crippen molar-refractivity contribution < 1.29 is 14.3 Å². The van der Waals surface area contributed by atoms with E-state index in [4.69, 9.17) is 9.47 Å². The molecule has 1 heterocycles. The van der Waals surface area contributed by atoms with Gasteiger partial charge < -0.3 is 19.3 Å². The van der Waals surface area contributed by atoms with Crippen LogP contribution in [0.15, 0.2) is 54.6 Å². The fourth-order valence-electron chi connectivity index (χ4n) is 3.40. The molecule has 2 aromatic carbocycles. The van der Waals surface area contributed by atoms with Crippen LogP contribution in [0.3, 0.4) is 0 Å². The van der Waals surface area contributed by atoms with Gasteiger partial charge in [0.2, 0.25) is 5.91 Å². The Balaban J connectivity index is 1.72. The van der Waals surface area contributed by atoms with Crippen LogP contribution in [0.25, 0.3) is 6.08 Å². The van der Waals surface area contributed by atoms with Gasteiger partial charge in [-0.3, -0.25) is 4.79 Å². The second-order valence-corrected chi connectivity index (χ2v) is 7.52. The minimum Gasteiger partial charge on any atom is -0.497 e. The molecule has 1 fully saturated rings. The number of nitrogens with zero attached hydrogens (tertiary/aromatic N) is 2. The van der Waals surface area contributed by atoms with Crippen LogP contribution in [-0.2, 0) is 16.1 Å². The maximum Gasteiger partial charge on any atom is 0.246 e. The van der Waals surface area contributed by atoms with Crippen LogP contribution < -0.4 is 9.64 Å². The summed E-state index contributed by atoms with van der Waals surface area (Å²) < 4.78 is 11.0. The minimum atomic E-state index is -0.0139. The lowest BCUT2D eigenvalue weighted by Gasteiger charge is -2.25. The lowest BCUT2D eigenvalue weighted by molar-refractivity contribution is -0.128. The highest BCUT2D eigenvalue weighted by atomic mass is 16.5. The molecule has 0 aromatic heterocycles. The number of hydrogen-bond donors (Lipinski definition) is 0. The van der Waals surface area contributed by atoms with E-state index in [1.807, 2.05) is 49.3 Å². The summed E-state index contributed by atoms with van der Waals surface area (Å²) in [6.07, 6.45) is 5.65. The molecule has 0 saturated carbocycles. The summed E-state index contributed by atoms with van der Waals surface area (Å²) in [6.45, 7) is 1.95. The van der Waals surface area contributed by atoms with Crippen molar-refractivity contribution >= 4 is 17.7 Å². The summed E-state index contributed by atoms with van der Waals surface area (Å²) in [7, 11) is 5.68. The molecule has 5 heteroatoms. The Morgan fingerprint density at radius 2 is 2.00 bits per heavy atom. The van der Waals surface area contributed by atoms with Gasteiger partial charge in [0.25, 0.3) is 0 Å². The third kappa shape index (κ3) is 6.09. The Kier molecular flexibility index (Phi) is 7.30. The number of ether oxygens (including phenoxy) is 2. The van der Waals surface area contributed by atoms with Gasteiger partial charge >= 0.3 is 0 Å². The highest BCUT2D eigenvalue weighted by molar-refractivity contribution is 5.91. The fraction of sp³-hybridized carbons (Fsp3) is 0.375. The van der Waals surface area contributed by atoms with Crippen LogP contribution in [-0.4, -0.2) is 51.3 Å². The molecular formula is C24H30N2O3. The first-order chi connectivity index (χ1) is 14.0. The third-order valence-electron chi connectivity index (χ3n) is 5.10. The van der Waals surface area contributed by atoms with Crippen molar-refractivity contribution in [3.63, 3.8) is 0 Å². The molecule has 1 amide bonds. The van der Waals surface area contributed by atoms with E-state index < -0.39 is 0 Å². The summed E-state index contributed by atoms with van der Waals surface area (Å²) in [5, 5.41) is 0. The zero-order valence-electron chi connectivity index (χ0n) is 17.5. The summed E-state index contributed by atoms with van der Waals surface area (Å²) in [5.74, 6) is 0.761. The highest BCUT2D eigenvalue weighted by Gasteiger charge is 2.21. The predicted octanol–water partition coefficient (Wildman–Crippen LogP) is 3.98. The maximum atomic E-state index is 13.0. The molecule has 29 heavy (non-hydrogen) atoms. The molecule has 1 atom stereocenters. The van der Waals surface area contributed by atoms with E-state index in [1.54, 1.807) is 13.2 Å². The van der Waals surface area contributed by atoms with E-state index >= 15 is 0 Å². The third-order valence-corrected chi connectivity index (χ3v) is 5.10. The molecule has 5 nitrogen and oxygen atoms in total. The van der Waals surface area contributed by atoms with E-state index in [0.29, 0.717) is 13.1 Å². The van der Waals surface area contributed by atoms with Gasteiger partial charge in [0, 0.05) is 45.6 Å². The van der Waals surface area contributed by atoms with Crippen molar-refractivity contribution in [2.75, 3.05) is 39.3 Å². The smallest absolute Gasteiger partial charge is 0.246 e. The van der Waals surface area contributed by atoms with Crippen molar-refractivity contribution in [2.45, 2.75) is 25.5 Å². The molecular weight excluding hydrogens is 364 g/mol. The Hall–Kier alpha value is -2.79. The van der Waals surface area contributed by atoms with E-state index in [9.17, 15) is 4.79 Å². The molecule has 0 radical (unpaired) electrons. The monoisotopic (exact) mass is 394 g/mol. The first-order valence-corrected chi connectivity index (χ1v) is 10.0. The minimum absolute atomic E-state index is 0.0139. The van der Waals surface area contributed by atoms with E-state index in [0.717, 1.165) is 42.0 Å². The van der Waals surface area contributed by atoms with Gasteiger partial charge in [0.05, 0.1) is 13.2 Å². The topological polar surface area (TPSA) is 42.0 Å². The number of methoxy groups -OCH3 is 1. The van der Waals surface area contributed by atoms with Gasteiger partial charge in [-0.1, -0.05) is 24.3 Å². The molecule has 3 rings (SSSR count). The molecule has 1 aliphatic heterocycles. The van der Waals surface area contributed by atoms with E-state index in [-0.39, 0.29) is 12.0 Å². The first kappa shape index (κ1) is 20.9. The lowest BCUT2D eigenvalue weighted by Crippen LogP contribution is -2.35. The van der Waals surface area contributed by atoms with Crippen LogP contribution in [0, 0.1) is 0 Å². The SMILES string of the molecule is COc1cccc(/C=C/C(=O)N(Cc2ccc(N(C)C)cc2)CC2CCCO2)c1. The second kappa shape index (κ2) is 10.1. The predicted molar refractivity (Wildman–Crippen MR) is 117 cm³/mol. The maximum absolute atomic E-state index is 13.0. The number of amides is 1. The van der Waals surface area contributed by atoms with Crippen molar-refractivity contribution in [2.24, 2.45) is 0 Å². The van der Waals surface area contributed by atoms with E-state index in [2.05, 4.69) is 29.2 Å². The van der Waals surface area contributed by atoms with Gasteiger partial charge in [0.1, 0.15) is 5.75 Å². The Bertz CT molecular complexity index is 824. The number of carbonyl (C=O) groups excluding carboxylic acids is 1. The van der Waals surface area contributed by atoms with E-state index in [1.165, 1.54) is 0 Å². The summed E-state index contributed by atoms with van der Waals surface area (Å²) in [6, 6.07) is 16.0. The van der Waals surface area contributed by atoms with Crippen molar-refractivity contribution in [3.8, 4) is 5.75 Å². The number of benzene rings is 2. The number of carbonyl (C=O) groups is 1. The fourth-order valence-corrected chi connectivity index (χ4v) is 3.40. The molecule has 154 valence electrons. The normalized spacial score (nSPS) is 16.2. The summed E-state index contributed by atoms with van der Waals surface area (Å²) in [4.78, 5) is 16.9. The van der Waals surface area contributed by atoms with Crippen LogP contribution in [0.4, 0.5) is 5.69 Å². The highest BCUT2D eigenvalue weighted by Crippen LogP contribution is 2.18. The summed E-state index contributed by atoms with van der Waals surface area (Å²) in [5.41, 5.74) is 3.19. The second-order valence-electron chi connectivity index (χ2n) is 7.52. The van der Waals surface area contributed by atoms with Crippen LogP contribution in [0.5, 0.6) is 5.75 Å². The quantitative estimate of drug-likeness (QED) is 0.635. The molecule has 2 aromatic rings. The van der Waals surface area contributed by atoms with Crippen molar-refractivity contribution in [1.29, 1.82) is 0 Å².